The van der Waals surface area contributed by atoms with Gasteiger partial charge in [-0.05, 0) is 44.5 Å². The molecule has 0 unspecified atom stereocenters. The summed E-state index contributed by atoms with van der Waals surface area (Å²) in [5, 5.41) is 42.1. The Balaban J connectivity index is 1.81. The molecule has 1 heterocycles. The van der Waals surface area contributed by atoms with Gasteiger partial charge in [-0.25, -0.2) is 9.59 Å². The number of esters is 1. The number of nitrogens with one attached hydrogen (secondary N) is 1. The first-order valence-corrected chi connectivity index (χ1v) is 12.1. The van der Waals surface area contributed by atoms with Crippen molar-refractivity contribution in [2.24, 2.45) is 0 Å². The van der Waals surface area contributed by atoms with Gasteiger partial charge in [-0.15, -0.1) is 0 Å². The van der Waals surface area contributed by atoms with Crippen LogP contribution in [0.5, 0.6) is 28.7 Å². The van der Waals surface area contributed by atoms with E-state index in [9.17, 15) is 34.8 Å². The van der Waals surface area contributed by atoms with Gasteiger partial charge >= 0.3 is 12.1 Å². The molecule has 0 saturated heterocycles. The zero-order valence-corrected chi connectivity index (χ0v) is 21.8. The molecule has 5 N–H and O–H groups in total. The van der Waals surface area contributed by atoms with Crippen LogP contribution in [0.3, 0.4) is 0 Å². The van der Waals surface area contributed by atoms with E-state index < -0.39 is 57.9 Å². The predicted molar refractivity (Wildman–Crippen MR) is 144 cm³/mol. The van der Waals surface area contributed by atoms with Crippen molar-refractivity contribution in [3.8, 4) is 40.1 Å². The predicted octanol–water partition coefficient (Wildman–Crippen LogP) is 4.32. The van der Waals surface area contributed by atoms with Gasteiger partial charge in [0, 0.05) is 24.1 Å². The van der Waals surface area contributed by atoms with Gasteiger partial charge in [0.15, 0.2) is 17.3 Å². The molecule has 0 spiro atoms. The summed E-state index contributed by atoms with van der Waals surface area (Å²) in [6.45, 7) is 4.96. The zero-order chi connectivity index (χ0) is 29.2. The molecule has 4 aromatic rings. The quantitative estimate of drug-likeness (QED) is 0.172. The molecule has 40 heavy (non-hydrogen) atoms. The van der Waals surface area contributed by atoms with Crippen molar-refractivity contribution in [1.82, 2.24) is 5.32 Å². The molecule has 208 valence electrons. The van der Waals surface area contributed by atoms with E-state index in [0.717, 1.165) is 24.3 Å². The summed E-state index contributed by atoms with van der Waals surface area (Å²) in [6.07, 6.45) is -0.917. The molecule has 0 aliphatic heterocycles. The third-order valence-corrected chi connectivity index (χ3v) is 5.62. The lowest BCUT2D eigenvalue weighted by Gasteiger charge is -2.23. The molecule has 3 aromatic carbocycles. The molecule has 0 fully saturated rings. The number of aromatic hydroxyl groups is 4. The maximum atomic E-state index is 13.5. The van der Waals surface area contributed by atoms with E-state index in [0.29, 0.717) is 5.56 Å². The Morgan fingerprint density at radius 1 is 0.925 bits per heavy atom. The van der Waals surface area contributed by atoms with E-state index in [1.165, 1.54) is 6.07 Å². The molecule has 4 rings (SSSR count). The van der Waals surface area contributed by atoms with Crippen molar-refractivity contribution >= 4 is 23.0 Å². The van der Waals surface area contributed by atoms with Crippen LogP contribution in [0.1, 0.15) is 26.3 Å². The second kappa shape index (κ2) is 10.9. The van der Waals surface area contributed by atoms with E-state index in [2.05, 4.69) is 5.32 Å². The Morgan fingerprint density at radius 2 is 1.62 bits per heavy atom. The third kappa shape index (κ3) is 6.26. The molecule has 1 aromatic heterocycles. The number of phenols is 4. The number of phenolic OH excluding ortho intramolecular Hbond substituents is 4. The van der Waals surface area contributed by atoms with Crippen molar-refractivity contribution in [3.63, 3.8) is 0 Å². The molecule has 0 aliphatic rings. The minimum Gasteiger partial charge on any atom is -0.508 e. The first kappa shape index (κ1) is 27.8. The Hall–Kier alpha value is -5.19. The highest BCUT2D eigenvalue weighted by Crippen LogP contribution is 2.38. The second-order valence-corrected chi connectivity index (χ2v) is 9.94. The van der Waals surface area contributed by atoms with E-state index in [4.69, 9.17) is 13.9 Å². The molecular weight excluding hydrogens is 522 g/mol. The Kier molecular flexibility index (Phi) is 7.58. The highest BCUT2D eigenvalue weighted by Gasteiger charge is 2.30. The summed E-state index contributed by atoms with van der Waals surface area (Å²) in [4.78, 5) is 39.6. The molecule has 0 radical (unpaired) electrons. The average molecular weight is 550 g/mol. The van der Waals surface area contributed by atoms with Gasteiger partial charge in [0.2, 0.25) is 11.2 Å². The number of rotatable bonds is 6. The highest BCUT2D eigenvalue weighted by atomic mass is 16.6. The fraction of sp³-hybridized carbons (Fsp3) is 0.207. The first-order chi connectivity index (χ1) is 18.8. The minimum absolute atomic E-state index is 0.0215. The standard InChI is InChI=1S/C29H27NO10/c1-29(2,3)40-28(37)30-18(11-15-7-5-4-6-8-15)27(36)39-26-24(35)23-21(34)13-17(31)14-22(23)38-25(26)16-9-10-19(32)20(33)12-16/h4-10,12-14,18,31-34H,11H2,1-3H3,(H,30,37)/t18-/m0/s1. The summed E-state index contributed by atoms with van der Waals surface area (Å²) in [5.74, 6) is -4.09. The SMILES string of the molecule is CC(C)(C)OC(=O)N[C@@H](Cc1ccccc1)C(=O)Oc1c(-c2ccc(O)c(O)c2)oc2cc(O)cc(O)c2c1=O. The van der Waals surface area contributed by atoms with Gasteiger partial charge in [0.1, 0.15) is 34.1 Å². The molecule has 0 saturated carbocycles. The summed E-state index contributed by atoms with van der Waals surface area (Å²) in [7, 11) is 0. The monoisotopic (exact) mass is 549 g/mol. The fourth-order valence-electron chi connectivity index (χ4n) is 3.88. The smallest absolute Gasteiger partial charge is 0.408 e. The van der Waals surface area contributed by atoms with Crippen molar-refractivity contribution in [2.75, 3.05) is 0 Å². The van der Waals surface area contributed by atoms with Crippen LogP contribution in [0.25, 0.3) is 22.3 Å². The number of benzene rings is 3. The largest absolute Gasteiger partial charge is 0.508 e. The normalized spacial score (nSPS) is 12.1. The van der Waals surface area contributed by atoms with Gasteiger partial charge < -0.3 is 39.6 Å². The third-order valence-electron chi connectivity index (χ3n) is 5.62. The fourth-order valence-corrected chi connectivity index (χ4v) is 3.88. The van der Waals surface area contributed by atoms with Gasteiger partial charge in [0.05, 0.1) is 0 Å². The van der Waals surface area contributed by atoms with Crippen LogP contribution in [0.15, 0.2) is 69.9 Å². The number of hydrogen-bond donors (Lipinski definition) is 5. The summed E-state index contributed by atoms with van der Waals surface area (Å²) in [6, 6.07) is 12.9. The highest BCUT2D eigenvalue weighted by molar-refractivity contribution is 5.90. The van der Waals surface area contributed by atoms with Gasteiger partial charge in [-0.3, -0.25) is 4.79 Å². The number of ether oxygens (including phenoxy) is 2. The minimum atomic E-state index is -1.32. The maximum absolute atomic E-state index is 13.5. The van der Waals surface area contributed by atoms with Crippen molar-refractivity contribution in [1.29, 1.82) is 0 Å². The first-order valence-electron chi connectivity index (χ1n) is 12.1. The van der Waals surface area contributed by atoms with Crippen LogP contribution >= 0.6 is 0 Å². The number of amides is 1. The van der Waals surface area contributed by atoms with Crippen molar-refractivity contribution in [3.05, 3.63) is 76.5 Å². The maximum Gasteiger partial charge on any atom is 0.408 e. The lowest BCUT2D eigenvalue weighted by atomic mass is 10.1. The number of fused-ring (bicyclic) bond motifs is 1. The van der Waals surface area contributed by atoms with Crippen molar-refractivity contribution in [2.45, 2.75) is 38.8 Å². The molecular formula is C29H27NO10. The number of hydrogen-bond acceptors (Lipinski definition) is 10. The zero-order valence-electron chi connectivity index (χ0n) is 21.8. The van der Waals surface area contributed by atoms with Crippen LogP contribution in [0, 0.1) is 0 Å². The number of alkyl carbamates (subject to hydrolysis) is 1. The van der Waals surface area contributed by atoms with Crippen LogP contribution in [0.4, 0.5) is 4.79 Å². The van der Waals surface area contributed by atoms with E-state index >= 15 is 0 Å². The topological polar surface area (TPSA) is 176 Å². The molecule has 1 atom stereocenters. The van der Waals surface area contributed by atoms with E-state index in [1.807, 2.05) is 0 Å². The van der Waals surface area contributed by atoms with Gasteiger partial charge in [-0.1, -0.05) is 30.3 Å². The Bertz CT molecular complexity index is 1640. The lowest BCUT2D eigenvalue weighted by Crippen LogP contribution is -2.46. The molecule has 11 nitrogen and oxygen atoms in total. The summed E-state index contributed by atoms with van der Waals surface area (Å²) in [5.41, 5.74) is -1.37. The molecule has 0 bridgehead atoms. The Labute approximate surface area is 227 Å². The number of carbonyl (C=O) groups excluding carboxylic acids is 2. The molecule has 1 amide bonds. The lowest BCUT2D eigenvalue weighted by molar-refractivity contribution is -0.136. The number of carbonyl (C=O) groups is 2. The van der Waals surface area contributed by atoms with Gasteiger partial charge in [-0.2, -0.15) is 0 Å². The van der Waals surface area contributed by atoms with Crippen LogP contribution in [0.2, 0.25) is 0 Å². The Morgan fingerprint density at radius 3 is 2.27 bits per heavy atom. The van der Waals surface area contributed by atoms with E-state index in [1.54, 1.807) is 51.1 Å². The van der Waals surface area contributed by atoms with Crippen molar-refractivity contribution < 1.29 is 43.9 Å². The second-order valence-electron chi connectivity index (χ2n) is 9.94. The average Bonchev–Trinajstić information content (AvgIpc) is 2.86. The van der Waals surface area contributed by atoms with Crippen LogP contribution < -0.4 is 15.5 Å². The molecule has 11 heteroatoms. The molecule has 0 aliphatic carbocycles. The summed E-state index contributed by atoms with van der Waals surface area (Å²) < 4.78 is 16.6. The van der Waals surface area contributed by atoms with Crippen LogP contribution in [-0.4, -0.2) is 44.1 Å². The van der Waals surface area contributed by atoms with Gasteiger partial charge in [0.25, 0.3) is 0 Å². The van der Waals surface area contributed by atoms with E-state index in [-0.39, 0.29) is 28.7 Å². The summed E-state index contributed by atoms with van der Waals surface area (Å²) >= 11 is 0. The van der Waals surface area contributed by atoms with Crippen LogP contribution in [-0.2, 0) is 16.0 Å².